The van der Waals surface area contributed by atoms with E-state index in [0.717, 1.165) is 14.9 Å². The van der Waals surface area contributed by atoms with Crippen molar-refractivity contribution < 1.29 is 4.79 Å². The molecule has 0 radical (unpaired) electrons. The quantitative estimate of drug-likeness (QED) is 0.738. The number of carbonyl (C=O) groups excluding carboxylic acids is 1. The monoisotopic (exact) mass is 258 g/mol. The Hall–Kier alpha value is -0.410. The number of hydrogen-bond acceptors (Lipinski definition) is 2. The van der Waals surface area contributed by atoms with Gasteiger partial charge in [-0.05, 0) is 54.4 Å². The molecule has 0 aromatic carbocycles. The third-order valence-corrected chi connectivity index (χ3v) is 3.87. The van der Waals surface area contributed by atoms with Crippen molar-refractivity contribution in [2.45, 2.75) is 20.8 Å². The number of rotatable bonds is 2. The van der Waals surface area contributed by atoms with Gasteiger partial charge in [0.15, 0.2) is 5.78 Å². The Morgan fingerprint density at radius 3 is 2.54 bits per heavy atom. The third-order valence-electron chi connectivity index (χ3n) is 1.79. The maximum absolute atomic E-state index is 11.0. The van der Waals surface area contributed by atoms with Crippen molar-refractivity contribution >= 4 is 39.1 Å². The molecule has 0 unspecified atom stereocenters. The largest absolute Gasteiger partial charge is 0.295 e. The Morgan fingerprint density at radius 2 is 2.15 bits per heavy atom. The molecule has 3 heteroatoms. The molecule has 1 aromatic heterocycles. The Kier molecular flexibility index (Phi) is 3.45. The first-order valence-electron chi connectivity index (χ1n) is 3.96. The van der Waals surface area contributed by atoms with Gasteiger partial charge in [0.05, 0.1) is 0 Å². The summed E-state index contributed by atoms with van der Waals surface area (Å²) >= 11 is 5.12. The summed E-state index contributed by atoms with van der Waals surface area (Å²) in [7, 11) is 0. The van der Waals surface area contributed by atoms with E-state index < -0.39 is 0 Å². The van der Waals surface area contributed by atoms with Crippen molar-refractivity contribution in [3.63, 3.8) is 0 Å². The van der Waals surface area contributed by atoms with Crippen LogP contribution in [-0.2, 0) is 4.79 Å². The van der Waals surface area contributed by atoms with Gasteiger partial charge in [-0.2, -0.15) is 0 Å². The molecule has 0 saturated heterocycles. The smallest absolute Gasteiger partial charge is 0.155 e. The molecule has 0 saturated carbocycles. The first-order valence-corrected chi connectivity index (χ1v) is 5.57. The SMILES string of the molecule is CC(=O)/C(C)=C/c1cc(Br)c(C)s1. The minimum absolute atomic E-state index is 0.127. The minimum Gasteiger partial charge on any atom is -0.295 e. The lowest BCUT2D eigenvalue weighted by atomic mass is 10.2. The van der Waals surface area contributed by atoms with Gasteiger partial charge in [-0.25, -0.2) is 0 Å². The highest BCUT2D eigenvalue weighted by atomic mass is 79.9. The van der Waals surface area contributed by atoms with Crippen molar-refractivity contribution in [2.24, 2.45) is 0 Å². The molecule has 1 aromatic rings. The summed E-state index contributed by atoms with van der Waals surface area (Å²) in [5.74, 6) is 0.127. The Bertz CT molecular complexity index is 344. The van der Waals surface area contributed by atoms with Crippen LogP contribution >= 0.6 is 27.3 Å². The lowest BCUT2D eigenvalue weighted by Crippen LogP contribution is -1.89. The lowest BCUT2D eigenvalue weighted by Gasteiger charge is -1.90. The second kappa shape index (κ2) is 4.20. The summed E-state index contributed by atoms with van der Waals surface area (Å²) in [4.78, 5) is 13.3. The van der Waals surface area contributed by atoms with E-state index in [1.165, 1.54) is 4.88 Å². The normalized spacial score (nSPS) is 11.8. The molecule has 13 heavy (non-hydrogen) atoms. The summed E-state index contributed by atoms with van der Waals surface area (Å²) < 4.78 is 1.11. The van der Waals surface area contributed by atoms with Gasteiger partial charge in [-0.15, -0.1) is 11.3 Å². The topological polar surface area (TPSA) is 17.1 Å². The number of hydrogen-bond donors (Lipinski definition) is 0. The standard InChI is InChI=1S/C10H11BrOS/c1-6(7(2)12)4-9-5-10(11)8(3)13-9/h4-5H,1-3H3/b6-4+. The van der Waals surface area contributed by atoms with Crippen LogP contribution in [0.25, 0.3) is 6.08 Å². The van der Waals surface area contributed by atoms with Gasteiger partial charge in [0.1, 0.15) is 0 Å². The molecule has 0 atom stereocenters. The molecular formula is C10H11BrOS. The summed E-state index contributed by atoms with van der Waals surface area (Å²) in [6, 6.07) is 2.03. The molecule has 0 fully saturated rings. The molecule has 0 aliphatic carbocycles. The average molecular weight is 259 g/mol. The van der Waals surface area contributed by atoms with E-state index in [2.05, 4.69) is 22.9 Å². The molecule has 0 amide bonds. The van der Waals surface area contributed by atoms with E-state index in [1.807, 2.05) is 19.1 Å². The highest BCUT2D eigenvalue weighted by Crippen LogP contribution is 2.27. The van der Waals surface area contributed by atoms with Crippen LogP contribution in [0.3, 0.4) is 0 Å². The lowest BCUT2D eigenvalue weighted by molar-refractivity contribution is -0.113. The van der Waals surface area contributed by atoms with Crippen LogP contribution in [0.2, 0.25) is 0 Å². The van der Waals surface area contributed by atoms with Crippen LogP contribution in [0.1, 0.15) is 23.6 Å². The van der Waals surface area contributed by atoms with Gasteiger partial charge < -0.3 is 0 Å². The highest BCUT2D eigenvalue weighted by Gasteiger charge is 2.02. The minimum atomic E-state index is 0.127. The predicted molar refractivity (Wildman–Crippen MR) is 61.1 cm³/mol. The second-order valence-electron chi connectivity index (χ2n) is 2.94. The number of carbonyl (C=O) groups is 1. The molecule has 0 N–H and O–H groups in total. The summed E-state index contributed by atoms with van der Waals surface area (Å²) in [6.07, 6.45) is 1.92. The summed E-state index contributed by atoms with van der Waals surface area (Å²) in [5.41, 5.74) is 0.800. The van der Waals surface area contributed by atoms with Gasteiger partial charge in [0.2, 0.25) is 0 Å². The maximum atomic E-state index is 11.0. The second-order valence-corrected chi connectivity index (χ2v) is 5.08. The van der Waals surface area contributed by atoms with Crippen LogP contribution in [0.15, 0.2) is 16.1 Å². The molecule has 0 aliphatic heterocycles. The van der Waals surface area contributed by atoms with Gasteiger partial charge in [-0.1, -0.05) is 0 Å². The zero-order valence-electron chi connectivity index (χ0n) is 7.85. The fraction of sp³-hybridized carbons (Fsp3) is 0.300. The molecular weight excluding hydrogens is 248 g/mol. The summed E-state index contributed by atoms with van der Waals surface area (Å²) in [6.45, 7) is 5.47. The Morgan fingerprint density at radius 1 is 1.54 bits per heavy atom. The molecule has 70 valence electrons. The van der Waals surface area contributed by atoms with Crippen LogP contribution in [0.4, 0.5) is 0 Å². The van der Waals surface area contributed by atoms with Gasteiger partial charge in [-0.3, -0.25) is 4.79 Å². The van der Waals surface area contributed by atoms with Crippen LogP contribution in [0, 0.1) is 6.92 Å². The zero-order valence-corrected chi connectivity index (χ0v) is 10.3. The first kappa shape index (κ1) is 10.7. The van der Waals surface area contributed by atoms with Gasteiger partial charge in [0.25, 0.3) is 0 Å². The fourth-order valence-corrected chi connectivity index (χ4v) is 2.43. The van der Waals surface area contributed by atoms with E-state index in [1.54, 1.807) is 18.3 Å². The maximum Gasteiger partial charge on any atom is 0.155 e. The molecule has 0 aliphatic rings. The number of ketones is 1. The number of aryl methyl sites for hydroxylation is 1. The fourth-order valence-electron chi connectivity index (χ4n) is 0.868. The third kappa shape index (κ3) is 2.78. The van der Waals surface area contributed by atoms with E-state index in [9.17, 15) is 4.79 Å². The average Bonchev–Trinajstić information content (AvgIpc) is 2.31. The van der Waals surface area contributed by atoms with E-state index in [-0.39, 0.29) is 5.78 Å². The molecule has 1 nitrogen and oxygen atoms in total. The Balaban J connectivity index is 2.98. The first-order chi connectivity index (χ1) is 6.00. The van der Waals surface area contributed by atoms with E-state index >= 15 is 0 Å². The molecule has 0 spiro atoms. The van der Waals surface area contributed by atoms with Gasteiger partial charge in [0, 0.05) is 14.2 Å². The number of Topliss-reactive ketones (excluding diaryl/α,β-unsaturated/α-hetero) is 1. The number of halogens is 1. The van der Waals surface area contributed by atoms with Crippen LogP contribution in [0.5, 0.6) is 0 Å². The number of allylic oxidation sites excluding steroid dienone is 1. The predicted octanol–water partition coefficient (Wildman–Crippen LogP) is 3.81. The van der Waals surface area contributed by atoms with Crippen molar-refractivity contribution in [3.8, 4) is 0 Å². The van der Waals surface area contributed by atoms with Gasteiger partial charge >= 0.3 is 0 Å². The van der Waals surface area contributed by atoms with E-state index in [0.29, 0.717) is 0 Å². The highest BCUT2D eigenvalue weighted by molar-refractivity contribution is 9.10. The van der Waals surface area contributed by atoms with Crippen molar-refractivity contribution in [1.82, 2.24) is 0 Å². The molecule has 1 heterocycles. The van der Waals surface area contributed by atoms with Crippen molar-refractivity contribution in [1.29, 1.82) is 0 Å². The zero-order chi connectivity index (χ0) is 10.0. The van der Waals surface area contributed by atoms with Crippen LogP contribution < -0.4 is 0 Å². The van der Waals surface area contributed by atoms with Crippen molar-refractivity contribution in [3.05, 3.63) is 25.9 Å². The molecule has 1 rings (SSSR count). The number of thiophene rings is 1. The van der Waals surface area contributed by atoms with E-state index in [4.69, 9.17) is 0 Å². The summed E-state index contributed by atoms with van der Waals surface area (Å²) in [5, 5.41) is 0. The van der Waals surface area contributed by atoms with Crippen LogP contribution in [-0.4, -0.2) is 5.78 Å². The Labute approximate surface area is 90.6 Å². The molecule has 0 bridgehead atoms. The van der Waals surface area contributed by atoms with Crippen molar-refractivity contribution in [2.75, 3.05) is 0 Å².